The first-order valence-corrected chi connectivity index (χ1v) is 45.7. The van der Waals surface area contributed by atoms with Crippen LogP contribution in [0.3, 0.4) is 0 Å². The number of thiazole rings is 1. The quantitative estimate of drug-likeness (QED) is 0.0418. The van der Waals surface area contributed by atoms with E-state index in [1.807, 2.05) is 367 Å². The molecule has 10 aromatic carbocycles. The number of oxazole rings is 1. The van der Waals surface area contributed by atoms with Gasteiger partial charge in [-0.2, -0.15) is 0 Å². The van der Waals surface area contributed by atoms with Crippen LogP contribution in [-0.2, 0) is 0 Å². The van der Waals surface area contributed by atoms with Crippen molar-refractivity contribution in [1.82, 2.24) is 65.0 Å². The second-order valence-electron chi connectivity index (χ2n) is 32.4. The Morgan fingerprint density at radius 1 is 0.307 bits per heavy atom. The third-order valence-corrected chi connectivity index (χ3v) is 24.2. The molecule has 0 bridgehead atoms. The first-order valence-electron chi connectivity index (χ1n) is 44.8. The molecule has 0 unspecified atom stereocenters. The van der Waals surface area contributed by atoms with E-state index in [4.69, 9.17) is 41.5 Å². The van der Waals surface area contributed by atoms with Gasteiger partial charge in [-0.3, -0.25) is 9.78 Å². The van der Waals surface area contributed by atoms with Gasteiger partial charge in [0, 0.05) is 190 Å². The Labute approximate surface area is 805 Å². The standard InChI is InChI=1S/C24H19N3O2.C24H16N2O3.C23H17N3O2.C23H16N2O2.C22H15N3OS/c1-15-23(16(2)29-27-15)21-14-26-24-20(21)12-17(13-25-24)19-10-6-7-11-22(19)28-18-8-4-3-5-9-18;27-14-19-10-17(15-28-19)22-13-26-24-21(22)11-16(12-25-24)20-8-4-5-9-23(20)29-18-6-2-1-3-7-18;1-15-22(27-14-26-15)20-13-25-23-19(20)11-16(12-24-23)18-9-5-6-10-21(18)28-17-7-3-2-4-8-17;1-2-4-19(5-3-1)27-20-8-6-16(7-9-20)18-12-21-22(17-10-11-26-15-17)14-25-23(21)24-13-18;1-2-6-16(7-3-1)26-20-9-5-4-8-17(20)15-10-18-19(21-13-23-14-27-21)12-25-22(18)24-11-15/h3-14H,1-2H3,(H,25,26);1-15H,(H,25,26);2-14H,1H3,(H,24,25);1-15H,(H,24,25);1-14H,(H,24,25). The number of para-hydroxylation sites is 9. The summed E-state index contributed by atoms with van der Waals surface area (Å²) >= 11 is 1.62. The summed E-state index contributed by atoms with van der Waals surface area (Å²) in [6, 6.07) is 103. The van der Waals surface area contributed by atoms with Crippen molar-refractivity contribution < 1.29 is 46.3 Å². The molecule has 25 rings (SSSR count). The third kappa shape index (κ3) is 19.3. The minimum atomic E-state index is 0.292. The van der Waals surface area contributed by atoms with Gasteiger partial charge in [-0.15, -0.1) is 11.3 Å². The topological polar surface area (TPSA) is 298 Å². The van der Waals surface area contributed by atoms with Gasteiger partial charge in [0.2, 0.25) is 0 Å². The molecule has 23 nitrogen and oxygen atoms in total. The number of hydrogen-bond acceptors (Lipinski definition) is 19. The van der Waals surface area contributed by atoms with E-state index in [0.29, 0.717) is 12.0 Å². The number of aryl methyl sites for hydroxylation is 3. The summed E-state index contributed by atoms with van der Waals surface area (Å²) in [6.45, 7) is 5.80. The Morgan fingerprint density at radius 3 is 1.07 bits per heavy atom. The number of carbonyl (C=O) groups is 1. The lowest BCUT2D eigenvalue weighted by Crippen LogP contribution is -1.89. The molecule has 24 heteroatoms. The molecule has 0 atom stereocenters. The molecule has 0 radical (unpaired) electrons. The maximum Gasteiger partial charge on any atom is 0.185 e. The van der Waals surface area contributed by atoms with E-state index in [1.165, 1.54) is 6.39 Å². The molecule has 140 heavy (non-hydrogen) atoms. The van der Waals surface area contributed by atoms with Crippen LogP contribution in [0.15, 0.2) is 432 Å². The Balaban J connectivity index is 0.000000104. The molecule has 0 spiro atoms. The van der Waals surface area contributed by atoms with E-state index < -0.39 is 0 Å². The summed E-state index contributed by atoms with van der Waals surface area (Å²) in [7, 11) is 0. The van der Waals surface area contributed by atoms with Gasteiger partial charge in [-0.1, -0.05) is 181 Å². The van der Waals surface area contributed by atoms with Gasteiger partial charge >= 0.3 is 0 Å². The minimum absolute atomic E-state index is 0.292. The maximum absolute atomic E-state index is 11.0. The Bertz CT molecular complexity index is 8530. The molecule has 0 aliphatic rings. The van der Waals surface area contributed by atoms with Crippen LogP contribution in [0, 0.1) is 20.8 Å². The Hall–Kier alpha value is -19.1. The maximum atomic E-state index is 11.0. The van der Waals surface area contributed by atoms with E-state index in [0.717, 1.165) is 241 Å². The summed E-state index contributed by atoms with van der Waals surface area (Å²) in [5, 5.41) is 9.17. The van der Waals surface area contributed by atoms with Crippen molar-refractivity contribution in [2.45, 2.75) is 20.8 Å². The highest BCUT2D eigenvalue weighted by Crippen LogP contribution is 2.45. The predicted octanol–water partition coefficient (Wildman–Crippen LogP) is 30.8. The highest BCUT2D eigenvalue weighted by Gasteiger charge is 2.23. The Kier molecular flexibility index (Phi) is 25.3. The number of furan rings is 2. The van der Waals surface area contributed by atoms with Gasteiger partial charge < -0.3 is 66.4 Å². The fourth-order valence-electron chi connectivity index (χ4n) is 16.6. The first-order chi connectivity index (χ1) is 69.1. The molecule has 15 heterocycles. The molecule has 5 N–H and O–H groups in total. The zero-order valence-electron chi connectivity index (χ0n) is 75.4. The number of nitrogens with one attached hydrogen (secondary N) is 5. The fraction of sp³-hybridized carbons (Fsp3) is 0.0259. The average Bonchev–Trinajstić information content (AvgIpc) is 1.62. The molecular formula is C116H83N13O10S. The number of H-pyrrole nitrogens is 5. The van der Waals surface area contributed by atoms with Gasteiger partial charge in [0.25, 0.3) is 0 Å². The largest absolute Gasteiger partial charge is 0.472 e. The highest BCUT2D eigenvalue weighted by molar-refractivity contribution is 7.13. The predicted molar refractivity (Wildman–Crippen MR) is 547 cm³/mol. The molecule has 25 aromatic rings. The zero-order chi connectivity index (χ0) is 94.5. The zero-order valence-corrected chi connectivity index (χ0v) is 76.2. The molecule has 0 fully saturated rings. The number of rotatable bonds is 21. The molecule has 0 amide bonds. The van der Waals surface area contributed by atoms with Crippen molar-refractivity contribution in [3.63, 3.8) is 0 Å². The second-order valence-corrected chi connectivity index (χ2v) is 33.3. The van der Waals surface area contributed by atoms with Crippen molar-refractivity contribution in [3.05, 3.63) is 437 Å². The number of aromatic nitrogens is 13. The number of hydrogen-bond donors (Lipinski definition) is 5. The molecule has 0 aliphatic carbocycles. The van der Waals surface area contributed by atoms with E-state index in [2.05, 4.69) is 101 Å². The van der Waals surface area contributed by atoms with Crippen molar-refractivity contribution in [2.75, 3.05) is 0 Å². The van der Waals surface area contributed by atoms with Crippen molar-refractivity contribution in [3.8, 4) is 168 Å². The second kappa shape index (κ2) is 40.4. The van der Waals surface area contributed by atoms with Crippen molar-refractivity contribution >= 4 is 72.8 Å². The van der Waals surface area contributed by atoms with Crippen LogP contribution in [0.25, 0.3) is 166 Å². The van der Waals surface area contributed by atoms with Crippen LogP contribution in [0.5, 0.6) is 57.5 Å². The highest BCUT2D eigenvalue weighted by atomic mass is 32.1. The monoisotopic (exact) mass is 1850 g/mol. The molecule has 15 aromatic heterocycles. The number of benzene rings is 10. The SMILES string of the molecule is Cc1ncoc1-c1c[nH]c2ncc(-c3ccccc3Oc3ccccc3)cc12.Cc1noc(C)c1-c1c[nH]c2ncc(-c3ccccc3Oc3ccccc3)cc12.O=Cc1cc(-c2c[nH]c3ncc(-c4ccccc4Oc4ccccc4)cc23)co1.c1ccc(Oc2ccc(-c3cnc4[nH]cc(-c5ccoc5)c4c3)cc2)cc1.c1ccc(Oc2ccccc2-c2cnc3[nH]cc(-c4cncs4)c3c2)cc1. The number of aromatic amines is 5. The summed E-state index contributed by atoms with van der Waals surface area (Å²) in [4.78, 5) is 59.5. The number of nitrogens with zero attached hydrogens (tertiary/aromatic N) is 8. The summed E-state index contributed by atoms with van der Waals surface area (Å²) in [5.74, 6) is 9.77. The van der Waals surface area contributed by atoms with Crippen molar-refractivity contribution in [1.29, 1.82) is 0 Å². The Morgan fingerprint density at radius 2 is 0.679 bits per heavy atom. The summed E-state index contributed by atoms with van der Waals surface area (Å²) in [5.41, 5.74) is 25.6. The fourth-order valence-corrected chi connectivity index (χ4v) is 17.2. The molecule has 678 valence electrons. The van der Waals surface area contributed by atoms with Crippen molar-refractivity contribution in [2.24, 2.45) is 0 Å². The number of pyridine rings is 5. The third-order valence-electron chi connectivity index (χ3n) is 23.4. The van der Waals surface area contributed by atoms with E-state index in [-0.39, 0.29) is 0 Å². The summed E-state index contributed by atoms with van der Waals surface area (Å²) < 4.78 is 51.8. The number of carbonyl (C=O) groups excluding carboxylic acids is 1. The van der Waals surface area contributed by atoms with E-state index >= 15 is 0 Å². The number of fused-ring (bicyclic) bond motifs is 5. The van der Waals surface area contributed by atoms with Gasteiger partial charge in [-0.25, -0.2) is 29.9 Å². The molecule has 0 aliphatic heterocycles. The average molecular weight is 1850 g/mol. The van der Waals surface area contributed by atoms with Crippen LogP contribution in [0.1, 0.15) is 27.7 Å². The van der Waals surface area contributed by atoms with Crippen LogP contribution >= 0.6 is 11.3 Å². The number of ether oxygens (including phenoxy) is 5. The normalized spacial score (nSPS) is 11.0. The van der Waals surface area contributed by atoms with Crippen LogP contribution < -0.4 is 23.7 Å². The number of aldehydes is 1. The van der Waals surface area contributed by atoms with E-state index in [9.17, 15) is 4.79 Å². The minimum Gasteiger partial charge on any atom is -0.472 e. The molecule has 0 saturated carbocycles. The van der Waals surface area contributed by atoms with Gasteiger partial charge in [-0.05, 0) is 166 Å². The lowest BCUT2D eigenvalue weighted by molar-refractivity contribution is 0.110. The lowest BCUT2D eigenvalue weighted by Gasteiger charge is -2.11. The molecule has 0 saturated heterocycles. The first kappa shape index (κ1) is 87.6. The van der Waals surface area contributed by atoms with Crippen LogP contribution in [-0.4, -0.2) is 71.3 Å². The van der Waals surface area contributed by atoms with Gasteiger partial charge in [0.15, 0.2) is 24.2 Å². The van der Waals surface area contributed by atoms with E-state index in [1.54, 1.807) is 36.2 Å². The van der Waals surface area contributed by atoms with Gasteiger partial charge in [0.05, 0.1) is 40.6 Å². The summed E-state index contributed by atoms with van der Waals surface area (Å²) in [6.07, 6.45) is 28.0. The molecular weight excluding hydrogens is 1770 g/mol. The van der Waals surface area contributed by atoms with Crippen LogP contribution in [0.4, 0.5) is 0 Å². The lowest BCUT2D eigenvalue weighted by atomic mass is 10.0. The smallest absolute Gasteiger partial charge is 0.185 e. The van der Waals surface area contributed by atoms with Crippen LogP contribution in [0.2, 0.25) is 0 Å². The van der Waals surface area contributed by atoms with Gasteiger partial charge in [0.1, 0.15) is 91.5 Å².